The molecule has 0 saturated heterocycles. The SMILES string of the molecule is CC1CCC(c2noc(-c3ccc(N)cc3O)n2)C1. The van der Waals surface area contributed by atoms with Crippen LogP contribution in [-0.4, -0.2) is 15.2 Å². The minimum atomic E-state index is 0.0648. The Hall–Kier alpha value is -2.04. The summed E-state index contributed by atoms with van der Waals surface area (Å²) in [5.41, 5.74) is 6.63. The lowest BCUT2D eigenvalue weighted by atomic mass is 10.1. The maximum Gasteiger partial charge on any atom is 0.261 e. The third-order valence-electron chi connectivity index (χ3n) is 3.75. The molecule has 1 aliphatic rings. The molecule has 1 aliphatic carbocycles. The molecule has 5 nitrogen and oxygen atoms in total. The van der Waals surface area contributed by atoms with Gasteiger partial charge in [0.15, 0.2) is 5.82 Å². The zero-order valence-corrected chi connectivity index (χ0v) is 10.8. The third kappa shape index (κ3) is 2.28. The molecular weight excluding hydrogens is 242 g/mol. The summed E-state index contributed by atoms with van der Waals surface area (Å²) in [7, 11) is 0. The van der Waals surface area contributed by atoms with Crippen LogP contribution in [0.2, 0.25) is 0 Å². The minimum Gasteiger partial charge on any atom is -0.507 e. The molecule has 1 aromatic heterocycles. The second kappa shape index (κ2) is 4.57. The molecule has 3 rings (SSSR count). The van der Waals surface area contributed by atoms with Gasteiger partial charge in [0, 0.05) is 17.7 Å². The van der Waals surface area contributed by atoms with Gasteiger partial charge in [-0.1, -0.05) is 12.1 Å². The zero-order chi connectivity index (χ0) is 13.4. The molecule has 5 heteroatoms. The number of nitrogens with zero attached hydrogens (tertiary/aromatic N) is 2. The number of benzene rings is 1. The molecule has 2 aromatic rings. The van der Waals surface area contributed by atoms with Crippen LogP contribution in [0.3, 0.4) is 0 Å². The molecule has 2 atom stereocenters. The van der Waals surface area contributed by atoms with Crippen molar-refractivity contribution in [3.8, 4) is 17.2 Å². The van der Waals surface area contributed by atoms with Crippen LogP contribution >= 0.6 is 0 Å². The molecule has 1 saturated carbocycles. The van der Waals surface area contributed by atoms with Crippen molar-refractivity contribution in [2.24, 2.45) is 5.92 Å². The maximum absolute atomic E-state index is 9.85. The molecule has 1 fully saturated rings. The van der Waals surface area contributed by atoms with Gasteiger partial charge in [0.2, 0.25) is 0 Å². The second-order valence-corrected chi connectivity index (χ2v) is 5.35. The van der Waals surface area contributed by atoms with E-state index in [1.165, 1.54) is 12.5 Å². The van der Waals surface area contributed by atoms with Crippen LogP contribution in [0.5, 0.6) is 5.75 Å². The van der Waals surface area contributed by atoms with Crippen LogP contribution in [0.4, 0.5) is 5.69 Å². The zero-order valence-electron chi connectivity index (χ0n) is 10.8. The van der Waals surface area contributed by atoms with Crippen molar-refractivity contribution in [2.75, 3.05) is 5.73 Å². The van der Waals surface area contributed by atoms with Crippen LogP contribution in [0.15, 0.2) is 22.7 Å². The number of nitrogens with two attached hydrogens (primary N) is 1. The average Bonchev–Trinajstić information content (AvgIpc) is 2.97. The Morgan fingerprint density at radius 1 is 1.37 bits per heavy atom. The number of nitrogen functional groups attached to an aromatic ring is 1. The van der Waals surface area contributed by atoms with Crippen molar-refractivity contribution < 1.29 is 9.63 Å². The van der Waals surface area contributed by atoms with Crippen LogP contribution < -0.4 is 5.73 Å². The highest BCUT2D eigenvalue weighted by molar-refractivity contribution is 5.66. The Bertz CT molecular complexity index is 594. The number of aromatic nitrogens is 2. The number of rotatable bonds is 2. The highest BCUT2D eigenvalue weighted by Crippen LogP contribution is 2.38. The lowest BCUT2D eigenvalue weighted by Crippen LogP contribution is -1.96. The molecule has 3 N–H and O–H groups in total. The van der Waals surface area contributed by atoms with Crippen LogP contribution in [0.1, 0.15) is 37.9 Å². The smallest absolute Gasteiger partial charge is 0.261 e. The van der Waals surface area contributed by atoms with Gasteiger partial charge in [-0.25, -0.2) is 0 Å². The van der Waals surface area contributed by atoms with Crippen molar-refractivity contribution in [2.45, 2.75) is 32.1 Å². The number of phenolic OH excluding ortho intramolecular Hbond substituents is 1. The van der Waals surface area contributed by atoms with E-state index in [4.69, 9.17) is 10.3 Å². The van der Waals surface area contributed by atoms with Crippen molar-refractivity contribution in [3.63, 3.8) is 0 Å². The first kappa shape index (κ1) is 12.0. The molecule has 19 heavy (non-hydrogen) atoms. The molecule has 100 valence electrons. The summed E-state index contributed by atoms with van der Waals surface area (Å²) in [6.45, 7) is 2.24. The van der Waals surface area contributed by atoms with Gasteiger partial charge in [0.1, 0.15) is 5.75 Å². The molecule has 1 heterocycles. The van der Waals surface area contributed by atoms with Gasteiger partial charge in [-0.2, -0.15) is 4.98 Å². The van der Waals surface area contributed by atoms with Crippen molar-refractivity contribution in [1.82, 2.24) is 10.1 Å². The van der Waals surface area contributed by atoms with Crippen LogP contribution in [0.25, 0.3) is 11.5 Å². The highest BCUT2D eigenvalue weighted by atomic mass is 16.5. The van der Waals surface area contributed by atoms with Gasteiger partial charge in [-0.05, 0) is 37.3 Å². The first-order valence-electron chi connectivity index (χ1n) is 6.56. The lowest BCUT2D eigenvalue weighted by Gasteiger charge is -2.02. The summed E-state index contributed by atoms with van der Waals surface area (Å²) in [6.07, 6.45) is 3.42. The van der Waals surface area contributed by atoms with E-state index in [0.717, 1.165) is 24.6 Å². The molecule has 2 unspecified atom stereocenters. The summed E-state index contributed by atoms with van der Waals surface area (Å²) in [4.78, 5) is 4.41. The van der Waals surface area contributed by atoms with Gasteiger partial charge in [-0.3, -0.25) is 0 Å². The van der Waals surface area contributed by atoms with E-state index >= 15 is 0 Å². The highest BCUT2D eigenvalue weighted by Gasteiger charge is 2.27. The lowest BCUT2D eigenvalue weighted by molar-refractivity contribution is 0.410. The molecular formula is C14H17N3O2. The van der Waals surface area contributed by atoms with Gasteiger partial charge >= 0.3 is 0 Å². The van der Waals surface area contributed by atoms with E-state index < -0.39 is 0 Å². The number of hydrogen-bond acceptors (Lipinski definition) is 5. The fraction of sp³-hybridized carbons (Fsp3) is 0.429. The standard InChI is InChI=1S/C14H17N3O2/c1-8-2-3-9(6-8)13-16-14(19-17-13)11-5-4-10(15)7-12(11)18/h4-5,7-9,18H,2-3,6,15H2,1H3. The first-order chi connectivity index (χ1) is 9.13. The van der Waals surface area contributed by atoms with Crippen LogP contribution in [0, 0.1) is 5.92 Å². The number of aromatic hydroxyl groups is 1. The topological polar surface area (TPSA) is 85.2 Å². The van der Waals surface area contributed by atoms with Crippen molar-refractivity contribution >= 4 is 5.69 Å². The summed E-state index contributed by atoms with van der Waals surface area (Å²) >= 11 is 0. The molecule has 0 aliphatic heterocycles. The third-order valence-corrected chi connectivity index (χ3v) is 3.75. The second-order valence-electron chi connectivity index (χ2n) is 5.35. The molecule has 0 radical (unpaired) electrons. The molecule has 0 amide bonds. The average molecular weight is 259 g/mol. The Kier molecular flexibility index (Phi) is 2.89. The summed E-state index contributed by atoms with van der Waals surface area (Å²) < 4.78 is 5.26. The normalized spacial score (nSPS) is 22.8. The Labute approximate surface area is 111 Å². The maximum atomic E-state index is 9.85. The summed E-state index contributed by atoms with van der Waals surface area (Å²) in [5.74, 6) is 2.26. The Balaban J connectivity index is 1.88. The van der Waals surface area contributed by atoms with E-state index in [1.54, 1.807) is 12.1 Å². The molecule has 0 bridgehead atoms. The fourth-order valence-electron chi connectivity index (χ4n) is 2.68. The van der Waals surface area contributed by atoms with E-state index in [-0.39, 0.29) is 5.75 Å². The van der Waals surface area contributed by atoms with Gasteiger partial charge in [0.05, 0.1) is 5.56 Å². The number of hydrogen-bond donors (Lipinski definition) is 2. The monoisotopic (exact) mass is 259 g/mol. The van der Waals surface area contributed by atoms with Gasteiger partial charge in [0.25, 0.3) is 5.89 Å². The summed E-state index contributed by atoms with van der Waals surface area (Å²) in [5, 5.41) is 13.9. The fourth-order valence-corrected chi connectivity index (χ4v) is 2.68. The first-order valence-corrected chi connectivity index (χ1v) is 6.56. The van der Waals surface area contributed by atoms with E-state index in [9.17, 15) is 5.11 Å². The molecule has 0 spiro atoms. The van der Waals surface area contributed by atoms with Gasteiger partial charge in [-0.15, -0.1) is 0 Å². The largest absolute Gasteiger partial charge is 0.507 e. The van der Waals surface area contributed by atoms with Crippen LogP contribution in [-0.2, 0) is 0 Å². The Morgan fingerprint density at radius 2 is 2.21 bits per heavy atom. The van der Waals surface area contributed by atoms with E-state index in [2.05, 4.69) is 17.1 Å². The predicted molar refractivity (Wildman–Crippen MR) is 71.6 cm³/mol. The molecule has 1 aromatic carbocycles. The summed E-state index contributed by atoms with van der Waals surface area (Å²) in [6, 6.07) is 4.88. The van der Waals surface area contributed by atoms with Crippen molar-refractivity contribution in [1.29, 1.82) is 0 Å². The number of phenols is 1. The van der Waals surface area contributed by atoms with E-state index in [1.807, 2.05) is 0 Å². The van der Waals surface area contributed by atoms with Gasteiger partial charge < -0.3 is 15.4 Å². The Morgan fingerprint density at radius 3 is 2.89 bits per heavy atom. The van der Waals surface area contributed by atoms with Crippen molar-refractivity contribution in [3.05, 3.63) is 24.0 Å². The number of anilines is 1. The van der Waals surface area contributed by atoms with E-state index in [0.29, 0.717) is 23.1 Å². The minimum absolute atomic E-state index is 0.0648. The predicted octanol–water partition coefficient (Wildman–Crippen LogP) is 2.93. The quantitative estimate of drug-likeness (QED) is 0.810.